The van der Waals surface area contributed by atoms with Gasteiger partial charge in [0.15, 0.2) is 0 Å². The van der Waals surface area contributed by atoms with Gasteiger partial charge in [-0.2, -0.15) is 0 Å². The standard InChI is InChI=1S/C22H22FN3O2S/c1-28-19-9-3-16(4-10-19)21-24-20(15-29-21)22(27)26-12-2-11-25(13-14-26)18-7-5-17(23)6-8-18/h3-10,15H,2,11-14H2,1H3. The van der Waals surface area contributed by atoms with Crippen LogP contribution in [0.1, 0.15) is 16.9 Å². The fraction of sp³-hybridized carbons (Fsp3) is 0.273. The van der Waals surface area contributed by atoms with Crippen molar-refractivity contribution < 1.29 is 13.9 Å². The summed E-state index contributed by atoms with van der Waals surface area (Å²) in [7, 11) is 1.63. The summed E-state index contributed by atoms with van der Waals surface area (Å²) >= 11 is 1.47. The van der Waals surface area contributed by atoms with E-state index in [1.165, 1.54) is 23.5 Å². The van der Waals surface area contributed by atoms with Gasteiger partial charge in [0.1, 0.15) is 22.3 Å². The number of thiazole rings is 1. The summed E-state index contributed by atoms with van der Waals surface area (Å²) in [5.41, 5.74) is 2.43. The van der Waals surface area contributed by atoms with Crippen LogP contribution >= 0.6 is 11.3 Å². The fourth-order valence-electron chi connectivity index (χ4n) is 3.43. The van der Waals surface area contributed by atoms with E-state index in [2.05, 4.69) is 9.88 Å². The van der Waals surface area contributed by atoms with Gasteiger partial charge in [-0.05, 0) is 55.0 Å². The molecule has 2 aromatic carbocycles. The van der Waals surface area contributed by atoms with Crippen LogP contribution in [0, 0.1) is 5.82 Å². The number of benzene rings is 2. The van der Waals surface area contributed by atoms with Gasteiger partial charge in [-0.15, -0.1) is 11.3 Å². The molecule has 0 radical (unpaired) electrons. The normalized spacial score (nSPS) is 14.6. The number of hydrogen-bond donors (Lipinski definition) is 0. The van der Waals surface area contributed by atoms with Crippen molar-refractivity contribution in [2.75, 3.05) is 38.2 Å². The smallest absolute Gasteiger partial charge is 0.273 e. The highest BCUT2D eigenvalue weighted by atomic mass is 32.1. The average Bonchev–Trinajstić information content (AvgIpc) is 3.12. The van der Waals surface area contributed by atoms with Crippen molar-refractivity contribution >= 4 is 22.9 Å². The van der Waals surface area contributed by atoms with Crippen LogP contribution in [0.4, 0.5) is 10.1 Å². The second-order valence-corrected chi connectivity index (χ2v) is 7.73. The Bertz CT molecular complexity index is 972. The second-order valence-electron chi connectivity index (χ2n) is 6.88. The Hall–Kier alpha value is -2.93. The Kier molecular flexibility index (Phi) is 5.76. The molecule has 1 amide bonds. The van der Waals surface area contributed by atoms with Gasteiger partial charge in [-0.1, -0.05) is 0 Å². The van der Waals surface area contributed by atoms with Crippen molar-refractivity contribution in [1.82, 2.24) is 9.88 Å². The molecule has 0 bridgehead atoms. The average molecular weight is 412 g/mol. The Labute approximate surface area is 173 Å². The Morgan fingerprint density at radius 3 is 2.52 bits per heavy atom. The maximum absolute atomic E-state index is 13.2. The van der Waals surface area contributed by atoms with Gasteiger partial charge >= 0.3 is 0 Å². The number of carbonyl (C=O) groups is 1. The molecule has 0 aliphatic carbocycles. The highest BCUT2D eigenvalue weighted by molar-refractivity contribution is 7.13. The maximum Gasteiger partial charge on any atom is 0.273 e. The monoisotopic (exact) mass is 411 g/mol. The lowest BCUT2D eigenvalue weighted by molar-refractivity contribution is 0.0762. The number of hydrogen-bond acceptors (Lipinski definition) is 5. The second kappa shape index (κ2) is 8.61. The maximum atomic E-state index is 13.2. The van der Waals surface area contributed by atoms with Gasteiger partial charge in [-0.25, -0.2) is 9.37 Å². The summed E-state index contributed by atoms with van der Waals surface area (Å²) in [5, 5.41) is 2.64. The Morgan fingerprint density at radius 1 is 1.03 bits per heavy atom. The largest absolute Gasteiger partial charge is 0.497 e. The third-order valence-corrected chi connectivity index (χ3v) is 5.93. The van der Waals surface area contributed by atoms with Crippen LogP contribution in [0.2, 0.25) is 0 Å². The Morgan fingerprint density at radius 2 is 1.79 bits per heavy atom. The van der Waals surface area contributed by atoms with E-state index in [4.69, 9.17) is 4.74 Å². The van der Waals surface area contributed by atoms with Crippen molar-refractivity contribution in [2.45, 2.75) is 6.42 Å². The van der Waals surface area contributed by atoms with Crippen molar-refractivity contribution in [3.05, 3.63) is 65.4 Å². The predicted molar refractivity (Wildman–Crippen MR) is 113 cm³/mol. The zero-order valence-corrected chi connectivity index (χ0v) is 17.0. The van der Waals surface area contributed by atoms with Crippen LogP contribution in [0.15, 0.2) is 53.9 Å². The molecule has 1 fully saturated rings. The lowest BCUT2D eigenvalue weighted by Crippen LogP contribution is -2.35. The van der Waals surface area contributed by atoms with Crippen LogP contribution in [0.5, 0.6) is 5.75 Å². The summed E-state index contributed by atoms with van der Waals surface area (Å²) in [6, 6.07) is 14.2. The molecule has 1 aromatic heterocycles. The summed E-state index contributed by atoms with van der Waals surface area (Å²) in [6.45, 7) is 2.86. The van der Waals surface area contributed by atoms with Crippen LogP contribution < -0.4 is 9.64 Å². The lowest BCUT2D eigenvalue weighted by atomic mass is 10.2. The predicted octanol–water partition coefficient (Wildman–Crippen LogP) is 4.31. The van der Waals surface area contributed by atoms with Crippen LogP contribution in [0.25, 0.3) is 10.6 Å². The molecule has 1 aliphatic rings. The number of amides is 1. The van der Waals surface area contributed by atoms with Gasteiger partial charge in [0.05, 0.1) is 7.11 Å². The minimum atomic E-state index is -0.239. The molecule has 29 heavy (non-hydrogen) atoms. The molecule has 0 spiro atoms. The molecule has 0 atom stereocenters. The molecule has 150 valence electrons. The minimum Gasteiger partial charge on any atom is -0.497 e. The van der Waals surface area contributed by atoms with Crippen LogP contribution in [-0.4, -0.2) is 49.1 Å². The van der Waals surface area contributed by atoms with E-state index in [1.807, 2.05) is 34.5 Å². The number of methoxy groups -OCH3 is 1. The number of rotatable bonds is 4. The first kappa shape index (κ1) is 19.4. The third-order valence-electron chi connectivity index (χ3n) is 5.04. The van der Waals surface area contributed by atoms with Gasteiger partial charge in [0, 0.05) is 42.8 Å². The molecule has 1 aliphatic heterocycles. The molecule has 2 heterocycles. The topological polar surface area (TPSA) is 45.7 Å². The molecule has 0 unspecified atom stereocenters. The van der Waals surface area contributed by atoms with Gasteiger partial charge in [0.25, 0.3) is 5.91 Å². The number of aromatic nitrogens is 1. The molecule has 4 rings (SSSR count). The quantitative estimate of drug-likeness (QED) is 0.642. The first-order valence-corrected chi connectivity index (χ1v) is 10.4. The van der Waals surface area contributed by atoms with Crippen LogP contribution in [0.3, 0.4) is 0 Å². The van der Waals surface area contributed by atoms with E-state index >= 15 is 0 Å². The van der Waals surface area contributed by atoms with E-state index in [9.17, 15) is 9.18 Å². The summed E-state index contributed by atoms with van der Waals surface area (Å²) in [4.78, 5) is 21.6. The van der Waals surface area contributed by atoms with Crippen molar-refractivity contribution in [3.8, 4) is 16.3 Å². The van der Waals surface area contributed by atoms with E-state index in [-0.39, 0.29) is 11.7 Å². The molecule has 3 aromatic rings. The first-order valence-electron chi connectivity index (χ1n) is 9.54. The molecular formula is C22H22FN3O2S. The number of ether oxygens (including phenoxy) is 1. The summed E-state index contributed by atoms with van der Waals surface area (Å²) in [6.07, 6.45) is 0.860. The highest BCUT2D eigenvalue weighted by Gasteiger charge is 2.22. The zero-order valence-electron chi connectivity index (χ0n) is 16.2. The summed E-state index contributed by atoms with van der Waals surface area (Å²) < 4.78 is 18.4. The third kappa shape index (κ3) is 4.40. The number of anilines is 1. The summed E-state index contributed by atoms with van der Waals surface area (Å²) in [5.74, 6) is 0.510. The lowest BCUT2D eigenvalue weighted by Gasteiger charge is -2.23. The molecule has 1 saturated heterocycles. The number of halogens is 1. The number of carbonyl (C=O) groups excluding carboxylic acids is 1. The zero-order chi connectivity index (χ0) is 20.2. The van der Waals surface area contributed by atoms with E-state index in [0.717, 1.165) is 35.0 Å². The minimum absolute atomic E-state index is 0.0398. The van der Waals surface area contributed by atoms with E-state index in [1.54, 1.807) is 19.2 Å². The van der Waals surface area contributed by atoms with E-state index in [0.29, 0.717) is 25.3 Å². The molecule has 5 nitrogen and oxygen atoms in total. The van der Waals surface area contributed by atoms with Gasteiger partial charge < -0.3 is 14.5 Å². The Balaban J connectivity index is 1.43. The van der Waals surface area contributed by atoms with E-state index < -0.39 is 0 Å². The molecule has 7 heteroatoms. The van der Waals surface area contributed by atoms with Crippen LogP contribution in [-0.2, 0) is 0 Å². The van der Waals surface area contributed by atoms with Gasteiger partial charge in [-0.3, -0.25) is 4.79 Å². The highest BCUT2D eigenvalue weighted by Crippen LogP contribution is 2.26. The van der Waals surface area contributed by atoms with Crippen molar-refractivity contribution in [2.24, 2.45) is 0 Å². The number of nitrogens with zero attached hydrogens (tertiary/aromatic N) is 3. The SMILES string of the molecule is COc1ccc(-c2nc(C(=O)N3CCCN(c4ccc(F)cc4)CC3)cs2)cc1. The fourth-order valence-corrected chi connectivity index (χ4v) is 4.23. The molecule has 0 N–H and O–H groups in total. The first-order chi connectivity index (χ1) is 14.1. The van der Waals surface area contributed by atoms with Gasteiger partial charge in [0.2, 0.25) is 0 Å². The molecule has 0 saturated carbocycles. The van der Waals surface area contributed by atoms with Crippen molar-refractivity contribution in [3.63, 3.8) is 0 Å². The van der Waals surface area contributed by atoms with Crippen molar-refractivity contribution in [1.29, 1.82) is 0 Å². The molecular weight excluding hydrogens is 389 g/mol.